The third-order valence-corrected chi connectivity index (χ3v) is 2.32. The zero-order valence-electron chi connectivity index (χ0n) is 7.29. The summed E-state index contributed by atoms with van der Waals surface area (Å²) in [6.45, 7) is 3.88. The molecule has 0 spiro atoms. The number of rotatable bonds is 2. The fourth-order valence-electron chi connectivity index (χ4n) is 1.05. The first-order chi connectivity index (χ1) is 5.65. The molecule has 1 atom stereocenters. The molecule has 0 aliphatic rings. The standard InChI is InChI=1S/C9H13NOS/c1-3-8(11)7-4-6(2)9(12)10-5-7/h4-5,8,11H,3H2,1-2H3,(H,10,12)/t8-/m0/s1. The van der Waals surface area contributed by atoms with E-state index >= 15 is 0 Å². The highest BCUT2D eigenvalue weighted by atomic mass is 32.1. The van der Waals surface area contributed by atoms with Gasteiger partial charge >= 0.3 is 0 Å². The second-order valence-corrected chi connectivity index (χ2v) is 3.28. The largest absolute Gasteiger partial charge is 0.388 e. The van der Waals surface area contributed by atoms with Gasteiger partial charge in [-0.1, -0.05) is 19.1 Å². The number of hydrogen-bond donors (Lipinski definition) is 2. The fourth-order valence-corrected chi connectivity index (χ4v) is 1.17. The van der Waals surface area contributed by atoms with Gasteiger partial charge in [-0.25, -0.2) is 0 Å². The van der Waals surface area contributed by atoms with Gasteiger partial charge in [0.1, 0.15) is 4.64 Å². The minimum Gasteiger partial charge on any atom is -0.388 e. The monoisotopic (exact) mass is 183 g/mol. The van der Waals surface area contributed by atoms with Gasteiger partial charge in [-0.2, -0.15) is 0 Å². The van der Waals surface area contributed by atoms with Gasteiger partial charge in [0.2, 0.25) is 0 Å². The Hall–Kier alpha value is -0.670. The predicted octanol–water partition coefficient (Wildman–Crippen LogP) is 2.50. The van der Waals surface area contributed by atoms with Crippen molar-refractivity contribution in [1.82, 2.24) is 4.98 Å². The van der Waals surface area contributed by atoms with Crippen LogP contribution in [0.5, 0.6) is 0 Å². The predicted molar refractivity (Wildman–Crippen MR) is 51.6 cm³/mol. The first-order valence-electron chi connectivity index (χ1n) is 4.02. The van der Waals surface area contributed by atoms with Crippen molar-refractivity contribution in [3.63, 3.8) is 0 Å². The molecule has 12 heavy (non-hydrogen) atoms. The van der Waals surface area contributed by atoms with Crippen molar-refractivity contribution in [2.24, 2.45) is 0 Å². The number of aromatic amines is 1. The van der Waals surface area contributed by atoms with E-state index in [0.717, 1.165) is 22.2 Å². The molecule has 0 aromatic carbocycles. The molecular formula is C9H13NOS. The average molecular weight is 183 g/mol. The van der Waals surface area contributed by atoms with Crippen molar-refractivity contribution in [1.29, 1.82) is 0 Å². The van der Waals surface area contributed by atoms with E-state index in [2.05, 4.69) is 4.98 Å². The van der Waals surface area contributed by atoms with Gasteiger partial charge in [0.25, 0.3) is 0 Å². The van der Waals surface area contributed by atoms with E-state index in [1.165, 1.54) is 0 Å². The summed E-state index contributed by atoms with van der Waals surface area (Å²) in [7, 11) is 0. The number of pyridine rings is 1. The fraction of sp³-hybridized carbons (Fsp3) is 0.444. The zero-order valence-corrected chi connectivity index (χ0v) is 8.11. The highest BCUT2D eigenvalue weighted by Crippen LogP contribution is 2.15. The number of aromatic nitrogens is 1. The minimum absolute atomic E-state index is 0.379. The van der Waals surface area contributed by atoms with Crippen LogP contribution in [0.3, 0.4) is 0 Å². The minimum atomic E-state index is -0.379. The lowest BCUT2D eigenvalue weighted by Gasteiger charge is -2.07. The maximum atomic E-state index is 9.49. The van der Waals surface area contributed by atoms with Crippen LogP contribution in [0.4, 0.5) is 0 Å². The average Bonchev–Trinajstić information content (AvgIpc) is 2.08. The van der Waals surface area contributed by atoms with Gasteiger partial charge in [0.05, 0.1) is 6.10 Å². The smallest absolute Gasteiger partial charge is 0.106 e. The maximum absolute atomic E-state index is 9.49. The number of hydrogen-bond acceptors (Lipinski definition) is 2. The third-order valence-electron chi connectivity index (χ3n) is 1.88. The first-order valence-corrected chi connectivity index (χ1v) is 4.43. The molecule has 0 amide bonds. The van der Waals surface area contributed by atoms with Gasteiger partial charge in [-0.3, -0.25) is 0 Å². The Morgan fingerprint density at radius 1 is 1.67 bits per heavy atom. The van der Waals surface area contributed by atoms with Crippen molar-refractivity contribution < 1.29 is 5.11 Å². The van der Waals surface area contributed by atoms with Gasteiger partial charge < -0.3 is 10.1 Å². The summed E-state index contributed by atoms with van der Waals surface area (Å²) in [5, 5.41) is 9.49. The first kappa shape index (κ1) is 9.42. The summed E-state index contributed by atoms with van der Waals surface area (Å²) in [6.07, 6.45) is 2.11. The number of H-pyrrole nitrogens is 1. The Balaban J connectivity index is 3.04. The van der Waals surface area contributed by atoms with Crippen LogP contribution in [-0.2, 0) is 0 Å². The quantitative estimate of drug-likeness (QED) is 0.691. The van der Waals surface area contributed by atoms with E-state index in [4.69, 9.17) is 12.2 Å². The lowest BCUT2D eigenvalue weighted by molar-refractivity contribution is 0.173. The molecule has 0 unspecified atom stereocenters. The molecule has 0 aliphatic carbocycles. The molecule has 66 valence electrons. The third kappa shape index (κ3) is 1.93. The summed E-state index contributed by atoms with van der Waals surface area (Å²) in [5.74, 6) is 0. The van der Waals surface area contributed by atoms with E-state index in [9.17, 15) is 5.11 Å². The van der Waals surface area contributed by atoms with Gasteiger partial charge in [0.15, 0.2) is 0 Å². The molecule has 0 radical (unpaired) electrons. The Labute approximate surface area is 77.3 Å². The lowest BCUT2D eigenvalue weighted by Crippen LogP contribution is -1.96. The normalized spacial score (nSPS) is 12.9. The van der Waals surface area contributed by atoms with Crippen LogP contribution in [0.1, 0.15) is 30.6 Å². The number of nitrogens with one attached hydrogen (secondary N) is 1. The Kier molecular flexibility index (Phi) is 3.00. The van der Waals surface area contributed by atoms with E-state index in [-0.39, 0.29) is 6.10 Å². The molecule has 0 fully saturated rings. The molecule has 0 aliphatic heterocycles. The highest BCUT2D eigenvalue weighted by Gasteiger charge is 2.04. The van der Waals surface area contributed by atoms with Crippen LogP contribution in [0.2, 0.25) is 0 Å². The molecule has 0 saturated carbocycles. The highest BCUT2D eigenvalue weighted by molar-refractivity contribution is 7.71. The Morgan fingerprint density at radius 2 is 2.33 bits per heavy atom. The van der Waals surface area contributed by atoms with Crippen molar-refractivity contribution in [2.45, 2.75) is 26.4 Å². The van der Waals surface area contributed by atoms with Crippen LogP contribution < -0.4 is 0 Å². The summed E-state index contributed by atoms with van der Waals surface area (Å²) >= 11 is 5.00. The van der Waals surface area contributed by atoms with Gasteiger partial charge in [-0.15, -0.1) is 0 Å². The van der Waals surface area contributed by atoms with E-state index < -0.39 is 0 Å². The second kappa shape index (κ2) is 3.83. The molecule has 1 heterocycles. The summed E-state index contributed by atoms with van der Waals surface area (Å²) in [4.78, 5) is 2.94. The molecule has 3 heteroatoms. The summed E-state index contributed by atoms with van der Waals surface area (Å²) in [6, 6.07) is 1.92. The molecule has 2 N–H and O–H groups in total. The molecule has 2 nitrogen and oxygen atoms in total. The van der Waals surface area contributed by atoms with Crippen molar-refractivity contribution >= 4 is 12.2 Å². The topological polar surface area (TPSA) is 36.0 Å². The van der Waals surface area contributed by atoms with Crippen LogP contribution in [0, 0.1) is 11.6 Å². The van der Waals surface area contributed by atoms with E-state index in [0.29, 0.717) is 0 Å². The molecule has 0 bridgehead atoms. The van der Waals surface area contributed by atoms with Crippen LogP contribution in [-0.4, -0.2) is 10.1 Å². The van der Waals surface area contributed by atoms with E-state index in [1.54, 1.807) is 6.20 Å². The SMILES string of the molecule is CC[C@H](O)c1c[nH]c(=S)c(C)c1. The van der Waals surface area contributed by atoms with E-state index in [1.807, 2.05) is 19.9 Å². The number of aryl methyl sites for hydroxylation is 1. The summed E-state index contributed by atoms with van der Waals surface area (Å²) < 4.78 is 0.738. The number of aliphatic hydroxyl groups excluding tert-OH is 1. The molecule has 1 aromatic heterocycles. The van der Waals surface area contributed by atoms with Crippen LogP contribution in [0.15, 0.2) is 12.3 Å². The molecule has 0 saturated heterocycles. The zero-order chi connectivity index (χ0) is 9.14. The van der Waals surface area contributed by atoms with Gasteiger partial charge in [-0.05, 0) is 30.5 Å². The van der Waals surface area contributed by atoms with Crippen molar-refractivity contribution in [3.8, 4) is 0 Å². The van der Waals surface area contributed by atoms with Crippen LogP contribution in [0.25, 0.3) is 0 Å². The summed E-state index contributed by atoms with van der Waals surface area (Å²) in [5.41, 5.74) is 1.92. The maximum Gasteiger partial charge on any atom is 0.106 e. The number of aliphatic hydroxyl groups is 1. The second-order valence-electron chi connectivity index (χ2n) is 2.87. The Morgan fingerprint density at radius 3 is 2.83 bits per heavy atom. The van der Waals surface area contributed by atoms with Crippen molar-refractivity contribution in [2.75, 3.05) is 0 Å². The molecule has 1 aromatic rings. The Bertz CT molecular complexity index is 319. The molecular weight excluding hydrogens is 170 g/mol. The molecule has 1 rings (SSSR count). The van der Waals surface area contributed by atoms with Gasteiger partial charge in [0, 0.05) is 6.20 Å². The lowest BCUT2D eigenvalue weighted by atomic mass is 10.1. The van der Waals surface area contributed by atoms with Crippen molar-refractivity contribution in [3.05, 3.63) is 28.0 Å². The van der Waals surface area contributed by atoms with Crippen LogP contribution >= 0.6 is 12.2 Å².